The number of nitrogens with one attached hydrogen (secondary N) is 1. The van der Waals surface area contributed by atoms with E-state index in [4.69, 9.17) is 10.8 Å². The molecule has 0 spiro atoms. The Balaban J connectivity index is 1.81. The second-order valence-corrected chi connectivity index (χ2v) is 5.86. The van der Waals surface area contributed by atoms with Crippen molar-refractivity contribution in [2.45, 2.75) is 6.54 Å². The van der Waals surface area contributed by atoms with E-state index in [0.717, 1.165) is 15.4 Å². The predicted molar refractivity (Wildman–Crippen MR) is 92.7 cm³/mol. The Labute approximate surface area is 155 Å². The van der Waals surface area contributed by atoms with E-state index < -0.39 is 29.9 Å². The topological polar surface area (TPSA) is 175 Å². The molecule has 1 aliphatic rings. The number of fused-ring (bicyclic) bond motifs is 1. The molecule has 0 fully saturated rings. The fourth-order valence-electron chi connectivity index (χ4n) is 2.88. The molecule has 2 amide bonds. The molecule has 0 bridgehead atoms. The molecule has 0 saturated heterocycles. The molecule has 12 heteroatoms. The number of tetrazole rings is 1. The van der Waals surface area contributed by atoms with Crippen molar-refractivity contribution in [2.24, 2.45) is 0 Å². The summed E-state index contributed by atoms with van der Waals surface area (Å²) in [5.74, 6) is -2.51. The fourth-order valence-corrected chi connectivity index (χ4v) is 2.88. The first-order chi connectivity index (χ1) is 13.3. The van der Waals surface area contributed by atoms with Crippen molar-refractivity contribution >= 4 is 23.6 Å². The van der Waals surface area contributed by atoms with E-state index in [2.05, 4.69) is 20.7 Å². The summed E-state index contributed by atoms with van der Waals surface area (Å²) in [7, 11) is 0. The summed E-state index contributed by atoms with van der Waals surface area (Å²) in [5.41, 5.74) is 6.02. The van der Waals surface area contributed by atoms with E-state index in [1.165, 1.54) is 6.07 Å². The maximum absolute atomic E-state index is 12.5. The Hall–Kier alpha value is -4.35. The van der Waals surface area contributed by atoms with Crippen molar-refractivity contribution in [1.29, 1.82) is 0 Å². The highest BCUT2D eigenvalue weighted by molar-refractivity contribution is 6.23. The average Bonchev–Trinajstić information content (AvgIpc) is 3.19. The molecule has 0 saturated carbocycles. The summed E-state index contributed by atoms with van der Waals surface area (Å²) in [6.07, 6.45) is 0. The summed E-state index contributed by atoms with van der Waals surface area (Å²) >= 11 is 0. The van der Waals surface area contributed by atoms with Gasteiger partial charge in [-0.15, -0.1) is 10.2 Å². The van der Waals surface area contributed by atoms with E-state index in [1.807, 2.05) is 0 Å². The Morgan fingerprint density at radius 2 is 1.96 bits per heavy atom. The highest BCUT2D eigenvalue weighted by atomic mass is 16.4. The van der Waals surface area contributed by atoms with Crippen molar-refractivity contribution in [3.8, 4) is 17.1 Å². The number of aromatic nitrogens is 5. The van der Waals surface area contributed by atoms with Crippen molar-refractivity contribution in [1.82, 2.24) is 30.1 Å². The van der Waals surface area contributed by atoms with Gasteiger partial charge in [-0.3, -0.25) is 29.1 Å². The standard InChI is InChI=1S/C16H11N7O5/c17-13-12-9(15(27)18-16(12)28)5-10(24)23(13)8-3-1-2-7(4-8)14-19-21-22(20-14)6-11(25)26/h1-5H,6,17H2,(H,25,26)(H,18,27,28). The molecule has 0 unspecified atom stereocenters. The van der Waals surface area contributed by atoms with E-state index >= 15 is 0 Å². The van der Waals surface area contributed by atoms with Crippen molar-refractivity contribution < 1.29 is 19.5 Å². The van der Waals surface area contributed by atoms with Crippen LogP contribution in [0, 0.1) is 0 Å². The van der Waals surface area contributed by atoms with Gasteiger partial charge in [-0.25, -0.2) is 0 Å². The lowest BCUT2D eigenvalue weighted by Crippen LogP contribution is -2.24. The number of carbonyl (C=O) groups excluding carboxylic acids is 2. The second-order valence-electron chi connectivity index (χ2n) is 5.86. The number of hydrogen-bond acceptors (Lipinski definition) is 8. The molecule has 0 atom stereocenters. The smallest absolute Gasteiger partial charge is 0.327 e. The molecule has 140 valence electrons. The van der Waals surface area contributed by atoms with Crippen LogP contribution in [-0.4, -0.2) is 47.7 Å². The average molecular weight is 381 g/mol. The van der Waals surface area contributed by atoms with Crippen LogP contribution in [0.4, 0.5) is 5.82 Å². The van der Waals surface area contributed by atoms with Gasteiger partial charge in [-0.2, -0.15) is 4.80 Å². The number of nitrogen functional groups attached to an aromatic ring is 1. The summed E-state index contributed by atoms with van der Waals surface area (Å²) < 4.78 is 1.09. The van der Waals surface area contributed by atoms with Crippen LogP contribution in [0.1, 0.15) is 20.7 Å². The molecule has 2 aromatic heterocycles. The minimum Gasteiger partial charge on any atom is -0.480 e. The Bertz CT molecular complexity index is 1230. The van der Waals surface area contributed by atoms with Gasteiger partial charge in [0.2, 0.25) is 5.82 Å². The van der Waals surface area contributed by atoms with Crippen molar-refractivity contribution in [3.63, 3.8) is 0 Å². The molecule has 12 nitrogen and oxygen atoms in total. The summed E-state index contributed by atoms with van der Waals surface area (Å²) in [4.78, 5) is 47.9. The van der Waals surface area contributed by atoms with Gasteiger partial charge in [-0.05, 0) is 17.3 Å². The van der Waals surface area contributed by atoms with Crippen LogP contribution >= 0.6 is 0 Å². The van der Waals surface area contributed by atoms with E-state index in [0.29, 0.717) is 11.3 Å². The zero-order chi connectivity index (χ0) is 20.0. The summed E-state index contributed by atoms with van der Waals surface area (Å²) in [6, 6.07) is 7.38. The second kappa shape index (κ2) is 6.12. The monoisotopic (exact) mass is 381 g/mol. The fraction of sp³-hybridized carbons (Fsp3) is 0.0625. The largest absolute Gasteiger partial charge is 0.480 e. The van der Waals surface area contributed by atoms with Crippen LogP contribution in [0.25, 0.3) is 17.1 Å². The lowest BCUT2D eigenvalue weighted by Gasteiger charge is -2.12. The number of aliphatic carboxylic acids is 1. The van der Waals surface area contributed by atoms with Crippen LogP contribution in [0.2, 0.25) is 0 Å². The summed E-state index contributed by atoms with van der Waals surface area (Å²) in [6.45, 7) is -0.451. The van der Waals surface area contributed by atoms with Gasteiger partial charge in [-0.1, -0.05) is 12.1 Å². The zero-order valence-corrected chi connectivity index (χ0v) is 14.0. The number of carboxylic acids is 1. The van der Waals surface area contributed by atoms with Crippen LogP contribution in [-0.2, 0) is 11.3 Å². The van der Waals surface area contributed by atoms with E-state index in [9.17, 15) is 19.2 Å². The van der Waals surface area contributed by atoms with Crippen molar-refractivity contribution in [2.75, 3.05) is 5.73 Å². The molecular formula is C16H11N7O5. The van der Waals surface area contributed by atoms with Crippen LogP contribution in [0.15, 0.2) is 35.1 Å². The third-order valence-corrected chi connectivity index (χ3v) is 4.05. The Kier molecular flexibility index (Phi) is 3.73. The zero-order valence-electron chi connectivity index (χ0n) is 14.0. The number of imide groups is 1. The molecule has 1 aromatic carbocycles. The van der Waals surface area contributed by atoms with E-state index in [-0.39, 0.29) is 22.8 Å². The van der Waals surface area contributed by atoms with Crippen LogP contribution < -0.4 is 16.6 Å². The molecule has 4 N–H and O–H groups in total. The van der Waals surface area contributed by atoms with Crippen molar-refractivity contribution in [3.05, 3.63) is 51.8 Å². The number of benzene rings is 1. The molecule has 28 heavy (non-hydrogen) atoms. The minimum absolute atomic E-state index is 0.0690. The highest BCUT2D eigenvalue weighted by Crippen LogP contribution is 2.24. The number of rotatable bonds is 4. The summed E-state index contributed by atoms with van der Waals surface area (Å²) in [5, 5.41) is 22.3. The highest BCUT2D eigenvalue weighted by Gasteiger charge is 2.31. The normalized spacial score (nSPS) is 12.7. The van der Waals surface area contributed by atoms with E-state index in [1.54, 1.807) is 18.2 Å². The number of pyridine rings is 1. The lowest BCUT2D eigenvalue weighted by molar-refractivity contribution is -0.138. The molecular weight excluding hydrogens is 370 g/mol. The van der Waals surface area contributed by atoms with Gasteiger partial charge in [0.05, 0.1) is 16.8 Å². The van der Waals surface area contributed by atoms with Crippen LogP contribution in [0.3, 0.4) is 0 Å². The number of amides is 2. The maximum Gasteiger partial charge on any atom is 0.327 e. The van der Waals surface area contributed by atoms with Gasteiger partial charge in [0.25, 0.3) is 17.4 Å². The number of hydrogen-bond donors (Lipinski definition) is 3. The first kappa shape index (κ1) is 17.1. The third kappa shape index (κ3) is 2.68. The number of nitrogens with zero attached hydrogens (tertiary/aromatic N) is 5. The molecule has 4 rings (SSSR count). The van der Waals surface area contributed by atoms with Gasteiger partial charge in [0.15, 0.2) is 6.54 Å². The first-order valence-electron chi connectivity index (χ1n) is 7.87. The number of carbonyl (C=O) groups is 3. The SMILES string of the molecule is Nc1c2c(cc(=O)n1-c1cccc(-c3nnn(CC(=O)O)n3)c1)C(=O)NC2=O. The number of nitrogens with two attached hydrogens (primary N) is 1. The molecule has 1 aliphatic heterocycles. The quantitative estimate of drug-likeness (QED) is 0.481. The number of carboxylic acid groups (broad SMARTS) is 1. The van der Waals surface area contributed by atoms with Gasteiger partial charge >= 0.3 is 5.97 Å². The van der Waals surface area contributed by atoms with Gasteiger partial charge < -0.3 is 10.8 Å². The first-order valence-corrected chi connectivity index (χ1v) is 7.87. The molecule has 3 aromatic rings. The predicted octanol–water partition coefficient (Wildman–Crippen LogP) is -0.959. The number of anilines is 1. The van der Waals surface area contributed by atoms with Gasteiger partial charge in [0, 0.05) is 11.6 Å². The van der Waals surface area contributed by atoms with Crippen LogP contribution in [0.5, 0.6) is 0 Å². The molecule has 3 heterocycles. The molecule has 0 aliphatic carbocycles. The maximum atomic E-state index is 12.5. The minimum atomic E-state index is -1.12. The third-order valence-electron chi connectivity index (χ3n) is 4.05. The molecule has 0 radical (unpaired) electrons. The van der Waals surface area contributed by atoms with Gasteiger partial charge in [0.1, 0.15) is 5.82 Å². The Morgan fingerprint density at radius 3 is 2.71 bits per heavy atom. The Morgan fingerprint density at radius 1 is 1.18 bits per heavy atom. The lowest BCUT2D eigenvalue weighted by atomic mass is 10.1.